The highest BCUT2D eigenvalue weighted by molar-refractivity contribution is 5.81. The second-order valence-electron chi connectivity index (χ2n) is 5.48. The highest BCUT2D eigenvalue weighted by atomic mass is 16.6. The maximum Gasteiger partial charge on any atom is 0.225 e. The van der Waals surface area contributed by atoms with Gasteiger partial charge < -0.3 is 30.5 Å². The summed E-state index contributed by atoms with van der Waals surface area (Å²) in [6.45, 7) is 4.50. The van der Waals surface area contributed by atoms with Crippen LogP contribution in [0.15, 0.2) is 0 Å². The Labute approximate surface area is 105 Å². The van der Waals surface area contributed by atoms with Crippen molar-refractivity contribution in [2.24, 2.45) is 5.41 Å². The Bertz CT molecular complexity index is 302. The summed E-state index contributed by atoms with van der Waals surface area (Å²) in [7, 11) is 0. The third-order valence-corrected chi connectivity index (χ3v) is 2.88. The topological polar surface area (TPSA) is 119 Å². The maximum atomic E-state index is 11.8. The van der Waals surface area contributed by atoms with Crippen LogP contribution in [0.5, 0.6) is 0 Å². The molecule has 1 saturated heterocycles. The smallest absolute Gasteiger partial charge is 0.225 e. The molecular formula is C11H21NO6. The average molecular weight is 263 g/mol. The van der Waals surface area contributed by atoms with E-state index in [4.69, 9.17) is 9.84 Å². The molecule has 0 spiro atoms. The Morgan fingerprint density at radius 3 is 2.22 bits per heavy atom. The largest absolute Gasteiger partial charge is 0.394 e. The first-order valence-electron chi connectivity index (χ1n) is 5.80. The fourth-order valence-corrected chi connectivity index (χ4v) is 1.62. The molecule has 0 saturated carbocycles. The van der Waals surface area contributed by atoms with Gasteiger partial charge in [0.25, 0.3) is 0 Å². The molecule has 1 amide bonds. The number of amides is 1. The van der Waals surface area contributed by atoms with Crippen LogP contribution in [0.25, 0.3) is 0 Å². The van der Waals surface area contributed by atoms with Gasteiger partial charge in [0.1, 0.15) is 24.4 Å². The average Bonchev–Trinajstić information content (AvgIpc) is 2.27. The number of ether oxygens (including phenoxy) is 1. The van der Waals surface area contributed by atoms with Crippen molar-refractivity contribution < 1.29 is 30.0 Å². The van der Waals surface area contributed by atoms with E-state index in [0.717, 1.165) is 0 Å². The molecule has 0 aromatic rings. The van der Waals surface area contributed by atoms with Crippen molar-refractivity contribution >= 4 is 5.91 Å². The van der Waals surface area contributed by atoms with E-state index in [1.54, 1.807) is 20.8 Å². The molecule has 5 atom stereocenters. The maximum absolute atomic E-state index is 11.8. The molecule has 1 aliphatic heterocycles. The lowest BCUT2D eigenvalue weighted by Gasteiger charge is -2.41. The van der Waals surface area contributed by atoms with Crippen molar-refractivity contribution in [3.8, 4) is 0 Å². The normalized spacial score (nSPS) is 37.4. The van der Waals surface area contributed by atoms with Crippen LogP contribution in [0.1, 0.15) is 20.8 Å². The highest BCUT2D eigenvalue weighted by Gasteiger charge is 2.45. The molecule has 0 aromatic heterocycles. The third-order valence-electron chi connectivity index (χ3n) is 2.88. The number of hydrogen-bond acceptors (Lipinski definition) is 6. The summed E-state index contributed by atoms with van der Waals surface area (Å²) in [5.41, 5.74) is -0.696. The molecule has 106 valence electrons. The molecular weight excluding hydrogens is 242 g/mol. The van der Waals surface area contributed by atoms with Gasteiger partial charge >= 0.3 is 0 Å². The van der Waals surface area contributed by atoms with Gasteiger partial charge in [0, 0.05) is 5.41 Å². The summed E-state index contributed by atoms with van der Waals surface area (Å²) >= 11 is 0. The Morgan fingerprint density at radius 2 is 1.78 bits per heavy atom. The van der Waals surface area contributed by atoms with Gasteiger partial charge in [0.15, 0.2) is 6.29 Å². The van der Waals surface area contributed by atoms with Crippen LogP contribution in [0.3, 0.4) is 0 Å². The molecule has 1 rings (SSSR count). The van der Waals surface area contributed by atoms with Crippen molar-refractivity contribution in [2.45, 2.75) is 51.4 Å². The molecule has 0 bridgehead atoms. The molecule has 0 radical (unpaired) electrons. The number of nitrogens with one attached hydrogen (secondary N) is 1. The van der Waals surface area contributed by atoms with E-state index in [1.807, 2.05) is 0 Å². The third kappa shape index (κ3) is 3.18. The molecule has 18 heavy (non-hydrogen) atoms. The van der Waals surface area contributed by atoms with Gasteiger partial charge in [-0.25, -0.2) is 0 Å². The Morgan fingerprint density at radius 1 is 1.22 bits per heavy atom. The van der Waals surface area contributed by atoms with E-state index in [9.17, 15) is 20.1 Å². The first kappa shape index (κ1) is 15.3. The van der Waals surface area contributed by atoms with Crippen molar-refractivity contribution in [3.63, 3.8) is 0 Å². The molecule has 1 heterocycles. The van der Waals surface area contributed by atoms with Crippen LogP contribution < -0.4 is 5.32 Å². The summed E-state index contributed by atoms with van der Waals surface area (Å²) < 4.78 is 4.93. The van der Waals surface area contributed by atoms with Crippen LogP contribution >= 0.6 is 0 Å². The molecule has 1 fully saturated rings. The summed E-state index contributed by atoms with van der Waals surface area (Å²) in [4.78, 5) is 11.8. The number of rotatable bonds is 2. The van der Waals surface area contributed by atoms with Crippen molar-refractivity contribution in [2.75, 3.05) is 6.61 Å². The minimum Gasteiger partial charge on any atom is -0.394 e. The molecule has 7 nitrogen and oxygen atoms in total. The molecule has 5 N–H and O–H groups in total. The zero-order valence-electron chi connectivity index (χ0n) is 10.7. The van der Waals surface area contributed by atoms with Crippen LogP contribution in [0.4, 0.5) is 0 Å². The first-order valence-corrected chi connectivity index (χ1v) is 5.80. The molecule has 0 aromatic carbocycles. The van der Waals surface area contributed by atoms with Crippen LogP contribution in [-0.2, 0) is 9.53 Å². The number of aliphatic hydroxyl groups is 4. The summed E-state index contributed by atoms with van der Waals surface area (Å²) in [6.07, 6.45) is -5.33. The highest BCUT2D eigenvalue weighted by Crippen LogP contribution is 2.21. The van der Waals surface area contributed by atoms with Gasteiger partial charge in [-0.05, 0) is 0 Å². The zero-order valence-corrected chi connectivity index (χ0v) is 10.7. The van der Waals surface area contributed by atoms with Gasteiger partial charge in [-0.3, -0.25) is 4.79 Å². The van der Waals surface area contributed by atoms with Crippen molar-refractivity contribution in [3.05, 3.63) is 0 Å². The Balaban J connectivity index is 2.74. The predicted octanol–water partition coefficient (Wildman–Crippen LogP) is -2.05. The number of carbonyl (C=O) groups excluding carboxylic acids is 1. The second-order valence-corrected chi connectivity index (χ2v) is 5.48. The summed E-state index contributed by atoms with van der Waals surface area (Å²) in [6, 6.07) is -1.13. The molecule has 7 heteroatoms. The number of hydrogen-bond donors (Lipinski definition) is 5. The van der Waals surface area contributed by atoms with Gasteiger partial charge in [-0.2, -0.15) is 0 Å². The van der Waals surface area contributed by atoms with E-state index in [0.29, 0.717) is 0 Å². The van der Waals surface area contributed by atoms with E-state index < -0.39 is 42.7 Å². The minimum atomic E-state index is -1.48. The Hall–Kier alpha value is -0.730. The SMILES string of the molecule is CC(C)(C)C(=O)NC1C(O)OC(CO)C(O)C1O. The molecule has 1 aliphatic rings. The van der Waals surface area contributed by atoms with Crippen LogP contribution in [0.2, 0.25) is 0 Å². The van der Waals surface area contributed by atoms with Gasteiger partial charge in [0.2, 0.25) is 5.91 Å². The monoisotopic (exact) mass is 263 g/mol. The van der Waals surface area contributed by atoms with Crippen LogP contribution in [-0.4, -0.2) is 63.6 Å². The first-order chi connectivity index (χ1) is 8.18. The summed E-state index contributed by atoms with van der Waals surface area (Å²) in [5, 5.41) is 40.4. The number of carbonyl (C=O) groups is 1. The molecule has 5 unspecified atom stereocenters. The van der Waals surface area contributed by atoms with E-state index in [2.05, 4.69) is 5.32 Å². The van der Waals surface area contributed by atoms with Gasteiger partial charge in [0.05, 0.1) is 6.61 Å². The van der Waals surface area contributed by atoms with Crippen molar-refractivity contribution in [1.29, 1.82) is 0 Å². The van der Waals surface area contributed by atoms with Crippen LogP contribution in [0, 0.1) is 5.41 Å². The fourth-order valence-electron chi connectivity index (χ4n) is 1.62. The zero-order chi connectivity index (χ0) is 14.1. The quantitative estimate of drug-likeness (QED) is 0.391. The summed E-state index contributed by atoms with van der Waals surface area (Å²) in [5.74, 6) is -0.385. The van der Waals surface area contributed by atoms with E-state index >= 15 is 0 Å². The van der Waals surface area contributed by atoms with Gasteiger partial charge in [-0.15, -0.1) is 0 Å². The predicted molar refractivity (Wildman–Crippen MR) is 61.4 cm³/mol. The number of aliphatic hydroxyl groups excluding tert-OH is 4. The van der Waals surface area contributed by atoms with E-state index in [-0.39, 0.29) is 5.91 Å². The van der Waals surface area contributed by atoms with E-state index in [1.165, 1.54) is 0 Å². The fraction of sp³-hybridized carbons (Fsp3) is 0.909. The standard InChI is InChI=1S/C11H21NO6/c1-11(2,3)10(17)12-6-8(15)7(14)5(4-13)18-9(6)16/h5-9,13-16H,4H2,1-3H3,(H,12,17). The lowest BCUT2D eigenvalue weighted by atomic mass is 9.92. The lowest BCUT2D eigenvalue weighted by Crippen LogP contribution is -2.65. The van der Waals surface area contributed by atoms with Crippen molar-refractivity contribution in [1.82, 2.24) is 5.32 Å². The second kappa shape index (κ2) is 5.50. The lowest BCUT2D eigenvalue weighted by molar-refractivity contribution is -0.254. The molecule has 0 aliphatic carbocycles. The minimum absolute atomic E-state index is 0.385. The Kier molecular flexibility index (Phi) is 4.68. The van der Waals surface area contributed by atoms with Gasteiger partial charge in [-0.1, -0.05) is 20.8 Å².